The average Bonchev–Trinajstić information content (AvgIpc) is 2.35. The molecule has 0 saturated heterocycles. The number of benzene rings is 1. The Hall–Kier alpha value is -0.720. The number of rotatable bonds is 8. The van der Waals surface area contributed by atoms with Crippen LogP contribution in [-0.4, -0.2) is 33.1 Å². The van der Waals surface area contributed by atoms with Gasteiger partial charge in [0.25, 0.3) is 10.1 Å². The Balaban J connectivity index is 2.41. The molecule has 0 atom stereocenters. The summed E-state index contributed by atoms with van der Waals surface area (Å²) in [5.41, 5.74) is 1.22. The van der Waals surface area contributed by atoms with Crippen LogP contribution in [0.1, 0.15) is 25.8 Å². The van der Waals surface area contributed by atoms with E-state index < -0.39 is 10.1 Å². The Bertz CT molecular complexity index is 506. The predicted molar refractivity (Wildman–Crippen MR) is 83.8 cm³/mol. The Morgan fingerprint density at radius 2 is 1.80 bits per heavy atom. The smallest absolute Gasteiger partial charge is 0.264 e. The van der Waals surface area contributed by atoms with E-state index in [-0.39, 0.29) is 11.4 Å². The van der Waals surface area contributed by atoms with Crippen molar-refractivity contribution in [3.05, 3.63) is 29.8 Å². The maximum atomic E-state index is 10.9. The van der Waals surface area contributed by atoms with Crippen LogP contribution in [0.3, 0.4) is 0 Å². The van der Waals surface area contributed by atoms with E-state index in [4.69, 9.17) is 8.92 Å². The summed E-state index contributed by atoms with van der Waals surface area (Å²) in [7, 11) is -1.70. The van der Waals surface area contributed by atoms with E-state index in [0.29, 0.717) is 6.42 Å². The number of methoxy groups -OCH3 is 1. The topological polar surface area (TPSA) is 52.6 Å². The van der Waals surface area contributed by atoms with Gasteiger partial charge in [-0.1, -0.05) is 26.0 Å². The Kier molecular flexibility index (Phi) is 6.36. The van der Waals surface area contributed by atoms with Gasteiger partial charge in [-0.2, -0.15) is 20.2 Å². The summed E-state index contributed by atoms with van der Waals surface area (Å²) >= 11 is 1.78. The number of hydrogen-bond donors (Lipinski definition) is 0. The van der Waals surface area contributed by atoms with Gasteiger partial charge in [0.2, 0.25) is 0 Å². The minimum atomic E-state index is -3.34. The van der Waals surface area contributed by atoms with Crippen LogP contribution in [-0.2, 0) is 20.1 Å². The molecule has 0 aliphatic rings. The first kappa shape index (κ1) is 17.3. The number of ether oxygens (including phenoxy) is 1. The van der Waals surface area contributed by atoms with Gasteiger partial charge in [0.15, 0.2) is 0 Å². The quantitative estimate of drug-likeness (QED) is 0.690. The molecule has 6 heteroatoms. The maximum absolute atomic E-state index is 10.9. The van der Waals surface area contributed by atoms with Gasteiger partial charge in [-0.15, -0.1) is 0 Å². The van der Waals surface area contributed by atoms with E-state index in [9.17, 15) is 8.42 Å². The molecule has 20 heavy (non-hydrogen) atoms. The molecule has 4 nitrogen and oxygen atoms in total. The van der Waals surface area contributed by atoms with Crippen LogP contribution >= 0.6 is 11.8 Å². The fraction of sp³-hybridized carbons (Fsp3) is 0.571. The highest BCUT2D eigenvalue weighted by molar-refractivity contribution is 7.99. The Morgan fingerprint density at radius 1 is 1.20 bits per heavy atom. The molecular weight excluding hydrogens is 296 g/mol. The molecule has 114 valence electrons. The molecular formula is C14H22O4S2. The molecule has 0 amide bonds. The van der Waals surface area contributed by atoms with Gasteiger partial charge in [-0.25, -0.2) is 0 Å². The van der Waals surface area contributed by atoms with Crippen LogP contribution in [0.2, 0.25) is 0 Å². The molecule has 1 aromatic rings. The largest absolute Gasteiger partial charge is 0.497 e. The molecule has 0 fully saturated rings. The molecule has 1 rings (SSSR count). The third-order valence-electron chi connectivity index (χ3n) is 2.79. The normalized spacial score (nSPS) is 12.4. The van der Waals surface area contributed by atoms with Crippen molar-refractivity contribution in [1.82, 2.24) is 0 Å². The summed E-state index contributed by atoms with van der Waals surface area (Å²) in [4.78, 5) is 0. The lowest BCUT2D eigenvalue weighted by molar-refractivity contribution is 0.303. The number of thioether (sulfide) groups is 1. The van der Waals surface area contributed by atoms with Crippen molar-refractivity contribution in [3.8, 4) is 5.75 Å². The fourth-order valence-electron chi connectivity index (χ4n) is 1.51. The Labute approximate surface area is 126 Å². The van der Waals surface area contributed by atoms with E-state index in [2.05, 4.69) is 13.8 Å². The highest BCUT2D eigenvalue weighted by atomic mass is 32.2. The monoisotopic (exact) mass is 318 g/mol. The van der Waals surface area contributed by atoms with Gasteiger partial charge in [0.05, 0.1) is 20.0 Å². The third kappa shape index (κ3) is 7.17. The molecule has 0 saturated carbocycles. The average molecular weight is 318 g/mol. The fourth-order valence-corrected chi connectivity index (χ4v) is 2.88. The molecule has 0 spiro atoms. The summed E-state index contributed by atoms with van der Waals surface area (Å²) in [6.45, 7) is 4.40. The van der Waals surface area contributed by atoms with Crippen molar-refractivity contribution in [2.24, 2.45) is 0 Å². The predicted octanol–water partition coefficient (Wildman–Crippen LogP) is 3.07. The molecule has 0 bridgehead atoms. The molecule has 0 aromatic heterocycles. The Morgan fingerprint density at radius 3 is 2.30 bits per heavy atom. The molecule has 0 radical (unpaired) electrons. The van der Waals surface area contributed by atoms with Crippen molar-refractivity contribution in [1.29, 1.82) is 0 Å². The molecule has 1 aromatic carbocycles. The maximum Gasteiger partial charge on any atom is 0.264 e. The van der Waals surface area contributed by atoms with Gasteiger partial charge < -0.3 is 4.74 Å². The first-order chi connectivity index (χ1) is 9.22. The zero-order chi connectivity index (χ0) is 15.2. The van der Waals surface area contributed by atoms with Crippen LogP contribution in [0.25, 0.3) is 0 Å². The van der Waals surface area contributed by atoms with Gasteiger partial charge in [0, 0.05) is 10.5 Å². The van der Waals surface area contributed by atoms with Crippen LogP contribution in [0.15, 0.2) is 24.3 Å². The summed E-state index contributed by atoms with van der Waals surface area (Å²) in [6.07, 6.45) is 1.76. The van der Waals surface area contributed by atoms with Gasteiger partial charge in [0.1, 0.15) is 5.75 Å². The van der Waals surface area contributed by atoms with Crippen LogP contribution in [0.4, 0.5) is 0 Å². The minimum Gasteiger partial charge on any atom is -0.497 e. The highest BCUT2D eigenvalue weighted by Crippen LogP contribution is 2.31. The lowest BCUT2D eigenvalue weighted by atomic mass is 10.1. The summed E-state index contributed by atoms with van der Waals surface area (Å²) in [5.74, 6) is 1.72. The third-order valence-corrected chi connectivity index (χ3v) is 4.85. The van der Waals surface area contributed by atoms with Crippen LogP contribution < -0.4 is 4.74 Å². The molecule has 0 heterocycles. The van der Waals surface area contributed by atoms with Crippen molar-refractivity contribution in [2.75, 3.05) is 20.0 Å². The summed E-state index contributed by atoms with van der Waals surface area (Å²) in [6, 6.07) is 7.95. The summed E-state index contributed by atoms with van der Waals surface area (Å²) < 4.78 is 31.7. The highest BCUT2D eigenvalue weighted by Gasteiger charge is 2.19. The first-order valence-corrected chi connectivity index (χ1v) is 9.13. The van der Waals surface area contributed by atoms with E-state index in [1.807, 2.05) is 24.3 Å². The second kappa shape index (κ2) is 7.33. The van der Waals surface area contributed by atoms with E-state index in [0.717, 1.165) is 17.8 Å². The lowest BCUT2D eigenvalue weighted by Gasteiger charge is -2.23. The van der Waals surface area contributed by atoms with Crippen molar-refractivity contribution < 1.29 is 17.3 Å². The van der Waals surface area contributed by atoms with Crippen LogP contribution in [0, 0.1) is 0 Å². The zero-order valence-electron chi connectivity index (χ0n) is 12.4. The van der Waals surface area contributed by atoms with Crippen molar-refractivity contribution in [3.63, 3.8) is 0 Å². The van der Waals surface area contributed by atoms with Gasteiger partial charge >= 0.3 is 0 Å². The lowest BCUT2D eigenvalue weighted by Crippen LogP contribution is -2.19. The second-order valence-corrected chi connectivity index (χ2v) is 8.50. The zero-order valence-corrected chi connectivity index (χ0v) is 14.0. The number of hydrogen-bond acceptors (Lipinski definition) is 5. The molecule has 0 N–H and O–H groups in total. The van der Waals surface area contributed by atoms with Crippen molar-refractivity contribution in [2.45, 2.75) is 30.8 Å². The van der Waals surface area contributed by atoms with Crippen LogP contribution in [0.5, 0.6) is 5.75 Å². The SMILES string of the molecule is COc1ccc(CSC(C)(C)CCOS(C)(=O)=O)cc1. The molecule has 0 unspecified atom stereocenters. The van der Waals surface area contributed by atoms with E-state index >= 15 is 0 Å². The second-order valence-electron chi connectivity index (χ2n) is 5.17. The molecule has 0 aliphatic heterocycles. The standard InChI is InChI=1S/C14H22O4S2/c1-14(2,9-10-18-20(4,15)16)19-11-12-5-7-13(17-3)8-6-12/h5-8H,9-11H2,1-4H3. The molecule has 0 aliphatic carbocycles. The van der Waals surface area contributed by atoms with E-state index in [1.54, 1.807) is 18.9 Å². The first-order valence-electron chi connectivity index (χ1n) is 6.33. The summed E-state index contributed by atoms with van der Waals surface area (Å²) in [5, 5.41) is 0. The minimum absolute atomic E-state index is 0.0371. The van der Waals surface area contributed by atoms with Crippen molar-refractivity contribution >= 4 is 21.9 Å². The van der Waals surface area contributed by atoms with Gasteiger partial charge in [-0.3, -0.25) is 4.18 Å². The van der Waals surface area contributed by atoms with E-state index in [1.165, 1.54) is 5.56 Å². The van der Waals surface area contributed by atoms with Gasteiger partial charge in [-0.05, 0) is 24.1 Å².